The van der Waals surface area contributed by atoms with Gasteiger partial charge in [-0.05, 0) is 36.3 Å². The van der Waals surface area contributed by atoms with Crippen LogP contribution in [-0.2, 0) is 6.42 Å². The third-order valence-electron chi connectivity index (χ3n) is 4.26. The van der Waals surface area contributed by atoms with E-state index in [1.54, 1.807) is 6.21 Å². The molecule has 3 aromatic rings. The van der Waals surface area contributed by atoms with E-state index in [0.29, 0.717) is 10.6 Å². The predicted octanol–water partition coefficient (Wildman–Crippen LogP) is 4.42. The number of aliphatic imine (C=N–C) groups is 1. The minimum atomic E-state index is -0.211. The van der Waals surface area contributed by atoms with Gasteiger partial charge < -0.3 is 5.11 Å². The van der Waals surface area contributed by atoms with Crippen LogP contribution in [0.2, 0.25) is 0 Å². The molecule has 1 aliphatic heterocycles. The second kappa shape index (κ2) is 6.18. The molecule has 4 rings (SSSR count). The van der Waals surface area contributed by atoms with E-state index >= 15 is 0 Å². The van der Waals surface area contributed by atoms with E-state index in [1.165, 1.54) is 10.1 Å². The van der Waals surface area contributed by atoms with E-state index in [4.69, 9.17) is 0 Å². The van der Waals surface area contributed by atoms with Crippen LogP contribution in [0.1, 0.15) is 22.9 Å². The van der Waals surface area contributed by atoms with Crippen LogP contribution in [-0.4, -0.2) is 15.9 Å². The minimum absolute atomic E-state index is 0.0375. The zero-order valence-corrected chi connectivity index (χ0v) is 14.5. The first-order valence-corrected chi connectivity index (χ1v) is 8.88. The number of para-hydroxylation sites is 1. The van der Waals surface area contributed by atoms with Crippen molar-refractivity contribution in [3.63, 3.8) is 0 Å². The maximum absolute atomic E-state index is 12.4. The fourth-order valence-electron chi connectivity index (χ4n) is 2.88. The molecule has 5 heteroatoms. The molecule has 0 bridgehead atoms. The maximum Gasteiger partial charge on any atom is 0.315 e. The molecule has 0 aliphatic carbocycles. The fraction of sp³-hybridized carbons (Fsp3) is 0.100. The van der Waals surface area contributed by atoms with Crippen molar-refractivity contribution < 1.29 is 5.11 Å². The summed E-state index contributed by atoms with van der Waals surface area (Å²) >= 11 is 1.03. The zero-order valence-electron chi connectivity index (χ0n) is 13.6. The van der Waals surface area contributed by atoms with Gasteiger partial charge in [0.15, 0.2) is 0 Å². The first-order valence-electron chi connectivity index (χ1n) is 8.06. The van der Waals surface area contributed by atoms with Crippen LogP contribution >= 0.6 is 11.3 Å². The predicted molar refractivity (Wildman–Crippen MR) is 103 cm³/mol. The SMILES string of the molecule is CCc1ccc(-n2c(O)c(C=C3C=Nc4ccccc43)sc2=O)cc1. The number of aryl methyl sites for hydroxylation is 1. The summed E-state index contributed by atoms with van der Waals surface area (Å²) in [6.45, 7) is 2.08. The van der Waals surface area contributed by atoms with Gasteiger partial charge in [-0.3, -0.25) is 9.79 Å². The highest BCUT2D eigenvalue weighted by Crippen LogP contribution is 2.34. The number of rotatable bonds is 3. The Kier molecular flexibility index (Phi) is 3.86. The van der Waals surface area contributed by atoms with Gasteiger partial charge in [-0.1, -0.05) is 48.6 Å². The molecule has 0 saturated heterocycles. The Morgan fingerprint density at radius 1 is 1.16 bits per heavy atom. The highest BCUT2D eigenvalue weighted by Gasteiger charge is 2.17. The lowest BCUT2D eigenvalue weighted by Crippen LogP contribution is -2.09. The van der Waals surface area contributed by atoms with Gasteiger partial charge in [-0.15, -0.1) is 0 Å². The molecule has 0 unspecified atom stereocenters. The molecule has 1 aromatic heterocycles. The van der Waals surface area contributed by atoms with Gasteiger partial charge in [-0.2, -0.15) is 0 Å². The molecule has 0 atom stereocenters. The van der Waals surface area contributed by atoms with Gasteiger partial charge in [0, 0.05) is 17.4 Å². The lowest BCUT2D eigenvalue weighted by atomic mass is 10.1. The molecule has 124 valence electrons. The molecular formula is C20H16N2O2S. The molecule has 1 aliphatic rings. The number of aromatic nitrogens is 1. The van der Waals surface area contributed by atoms with Crippen molar-refractivity contribution in [3.05, 3.63) is 74.2 Å². The Labute approximate surface area is 149 Å². The normalized spacial score (nSPS) is 14.2. The summed E-state index contributed by atoms with van der Waals surface area (Å²) in [5, 5.41) is 10.6. The fourth-order valence-corrected chi connectivity index (χ4v) is 3.72. The van der Waals surface area contributed by atoms with Crippen LogP contribution in [0, 0.1) is 0 Å². The summed E-state index contributed by atoms with van der Waals surface area (Å²) in [5.41, 5.74) is 4.64. The van der Waals surface area contributed by atoms with E-state index < -0.39 is 0 Å². The third kappa shape index (κ3) is 2.72. The summed E-state index contributed by atoms with van der Waals surface area (Å²) in [6, 6.07) is 15.5. The molecule has 25 heavy (non-hydrogen) atoms. The Bertz CT molecular complexity index is 1060. The quantitative estimate of drug-likeness (QED) is 0.761. The molecular weight excluding hydrogens is 332 g/mol. The van der Waals surface area contributed by atoms with E-state index in [-0.39, 0.29) is 10.8 Å². The van der Waals surface area contributed by atoms with E-state index in [9.17, 15) is 9.90 Å². The van der Waals surface area contributed by atoms with Crippen molar-refractivity contribution in [2.45, 2.75) is 13.3 Å². The van der Waals surface area contributed by atoms with Crippen LogP contribution in [0.15, 0.2) is 58.3 Å². The van der Waals surface area contributed by atoms with Crippen molar-refractivity contribution >= 4 is 34.9 Å². The second-order valence-corrected chi connectivity index (χ2v) is 6.78. The van der Waals surface area contributed by atoms with Gasteiger partial charge in [-0.25, -0.2) is 4.57 Å². The van der Waals surface area contributed by atoms with Crippen molar-refractivity contribution in [2.24, 2.45) is 4.99 Å². The number of hydrogen-bond acceptors (Lipinski definition) is 4. The summed E-state index contributed by atoms with van der Waals surface area (Å²) in [7, 11) is 0. The van der Waals surface area contributed by atoms with E-state index in [0.717, 1.165) is 34.6 Å². The van der Waals surface area contributed by atoms with Gasteiger partial charge in [0.2, 0.25) is 5.88 Å². The van der Waals surface area contributed by atoms with Gasteiger partial charge >= 0.3 is 4.87 Å². The number of hydrogen-bond donors (Lipinski definition) is 1. The van der Waals surface area contributed by atoms with Crippen molar-refractivity contribution in [1.82, 2.24) is 4.57 Å². The van der Waals surface area contributed by atoms with Crippen LogP contribution in [0.25, 0.3) is 17.3 Å². The standard InChI is InChI=1S/C20H16N2O2S/c1-2-13-7-9-15(10-8-13)22-19(23)18(25-20(22)24)11-14-12-21-17-6-4-3-5-16(14)17/h3-12,23H,2H2,1H3. The van der Waals surface area contributed by atoms with E-state index in [1.807, 2.05) is 54.6 Å². The number of aromatic hydroxyl groups is 1. The lowest BCUT2D eigenvalue weighted by Gasteiger charge is -2.05. The largest absolute Gasteiger partial charge is 0.493 e. The summed E-state index contributed by atoms with van der Waals surface area (Å²) in [4.78, 5) is 17.1. The van der Waals surface area contributed by atoms with Crippen LogP contribution < -0.4 is 4.87 Å². The maximum atomic E-state index is 12.4. The highest BCUT2D eigenvalue weighted by atomic mass is 32.1. The topological polar surface area (TPSA) is 54.6 Å². The highest BCUT2D eigenvalue weighted by molar-refractivity contribution is 7.10. The average Bonchev–Trinajstić information content (AvgIpc) is 3.17. The Balaban J connectivity index is 1.77. The number of thiazole rings is 1. The molecule has 0 fully saturated rings. The third-order valence-corrected chi connectivity index (χ3v) is 5.14. The van der Waals surface area contributed by atoms with Crippen molar-refractivity contribution in [2.75, 3.05) is 0 Å². The zero-order chi connectivity index (χ0) is 17.4. The van der Waals surface area contributed by atoms with Crippen molar-refractivity contribution in [1.29, 1.82) is 0 Å². The lowest BCUT2D eigenvalue weighted by molar-refractivity contribution is 0.440. The first kappa shape index (κ1) is 15.6. The first-order chi connectivity index (χ1) is 12.2. The molecule has 2 heterocycles. The molecule has 1 N–H and O–H groups in total. The molecule has 0 spiro atoms. The molecule has 2 aromatic carbocycles. The average molecular weight is 348 g/mol. The number of benzene rings is 2. The molecule has 0 radical (unpaired) electrons. The Morgan fingerprint density at radius 2 is 1.92 bits per heavy atom. The number of fused-ring (bicyclic) bond motifs is 1. The summed E-state index contributed by atoms with van der Waals surface area (Å²) < 4.78 is 1.34. The van der Waals surface area contributed by atoms with Crippen LogP contribution in [0.5, 0.6) is 5.88 Å². The van der Waals surface area contributed by atoms with Crippen LogP contribution in [0.3, 0.4) is 0 Å². The Hall–Kier alpha value is -2.92. The van der Waals surface area contributed by atoms with Crippen molar-refractivity contribution in [3.8, 4) is 11.6 Å². The van der Waals surface area contributed by atoms with Crippen LogP contribution in [0.4, 0.5) is 5.69 Å². The van der Waals surface area contributed by atoms with Gasteiger partial charge in [0.05, 0.1) is 16.3 Å². The number of nitrogens with zero attached hydrogens (tertiary/aromatic N) is 2. The molecule has 0 amide bonds. The Morgan fingerprint density at radius 3 is 2.68 bits per heavy atom. The minimum Gasteiger partial charge on any atom is -0.493 e. The van der Waals surface area contributed by atoms with Gasteiger partial charge in [0.1, 0.15) is 0 Å². The smallest absolute Gasteiger partial charge is 0.315 e. The number of allylic oxidation sites excluding steroid dienone is 1. The monoisotopic (exact) mass is 348 g/mol. The second-order valence-electron chi connectivity index (χ2n) is 5.79. The van der Waals surface area contributed by atoms with Gasteiger partial charge in [0.25, 0.3) is 0 Å². The van der Waals surface area contributed by atoms with E-state index in [2.05, 4.69) is 11.9 Å². The molecule has 4 nitrogen and oxygen atoms in total. The summed E-state index contributed by atoms with van der Waals surface area (Å²) in [5.74, 6) is -0.0375. The molecule has 0 saturated carbocycles. The summed E-state index contributed by atoms with van der Waals surface area (Å²) in [6.07, 6.45) is 4.50.